The smallest absolute Gasteiger partial charge is 0.232 e. The van der Waals surface area contributed by atoms with Gasteiger partial charge in [0.1, 0.15) is 0 Å². The van der Waals surface area contributed by atoms with Crippen molar-refractivity contribution in [3.8, 4) is 0 Å². The number of benzene rings is 1. The first-order valence-corrected chi connectivity index (χ1v) is 12.5. The average Bonchev–Trinajstić information content (AvgIpc) is 3.27. The first kappa shape index (κ1) is 23.1. The van der Waals surface area contributed by atoms with E-state index in [9.17, 15) is 4.79 Å². The van der Waals surface area contributed by atoms with Gasteiger partial charge in [0.2, 0.25) is 11.9 Å². The van der Waals surface area contributed by atoms with Crippen LogP contribution in [0.25, 0.3) is 0 Å². The Balaban J connectivity index is 1.34. The van der Waals surface area contributed by atoms with E-state index in [4.69, 9.17) is 11.1 Å². The quantitative estimate of drug-likeness (QED) is 0.344. The van der Waals surface area contributed by atoms with Gasteiger partial charge in [0.05, 0.1) is 5.92 Å². The maximum absolute atomic E-state index is 13.5. The summed E-state index contributed by atoms with van der Waals surface area (Å²) in [6.07, 6.45) is 8.95. The van der Waals surface area contributed by atoms with E-state index in [1.165, 1.54) is 37.8 Å². The van der Waals surface area contributed by atoms with E-state index in [-0.39, 0.29) is 23.8 Å². The summed E-state index contributed by atoms with van der Waals surface area (Å²) in [4.78, 5) is 18.2. The number of para-hydroxylation sites is 1. The molecule has 4 atom stereocenters. The molecule has 3 aliphatic rings. The minimum atomic E-state index is -0.107. The summed E-state index contributed by atoms with van der Waals surface area (Å²) in [6.45, 7) is 7.36. The molecule has 0 bridgehead atoms. The highest BCUT2D eigenvalue weighted by molar-refractivity contribution is 5.98. The number of fused-ring (bicyclic) bond motifs is 1. The molecule has 1 amide bonds. The zero-order valence-corrected chi connectivity index (χ0v) is 19.7. The van der Waals surface area contributed by atoms with Crippen molar-refractivity contribution in [3.63, 3.8) is 0 Å². The van der Waals surface area contributed by atoms with Crippen LogP contribution in [0.2, 0.25) is 0 Å². The fourth-order valence-corrected chi connectivity index (χ4v) is 5.87. The number of guanidine groups is 1. The molecule has 3 heterocycles. The van der Waals surface area contributed by atoms with Crippen molar-refractivity contribution >= 4 is 17.6 Å². The van der Waals surface area contributed by atoms with Gasteiger partial charge in [-0.15, -0.1) is 0 Å². The topological polar surface area (TPSA) is 88.7 Å². The lowest BCUT2D eigenvalue weighted by molar-refractivity contribution is -0.123. The number of carbonyl (C=O) groups excluding carboxylic acids is 1. The number of piperidine rings is 1. The van der Waals surface area contributed by atoms with Gasteiger partial charge in [0.25, 0.3) is 0 Å². The van der Waals surface area contributed by atoms with Gasteiger partial charge in [0, 0.05) is 36.9 Å². The van der Waals surface area contributed by atoms with Crippen LogP contribution in [0.1, 0.15) is 64.4 Å². The molecule has 2 fully saturated rings. The summed E-state index contributed by atoms with van der Waals surface area (Å²) < 4.78 is 0. The van der Waals surface area contributed by atoms with Crippen molar-refractivity contribution in [1.29, 1.82) is 5.41 Å². The summed E-state index contributed by atoms with van der Waals surface area (Å²) in [6, 6.07) is 9.76. The second-order valence-electron chi connectivity index (χ2n) is 9.92. The van der Waals surface area contributed by atoms with Crippen molar-refractivity contribution in [2.24, 2.45) is 11.7 Å². The summed E-state index contributed by atoms with van der Waals surface area (Å²) in [5, 5.41) is 9.33. The Morgan fingerprint density at radius 3 is 2.53 bits per heavy atom. The van der Waals surface area contributed by atoms with Crippen LogP contribution < -0.4 is 16.1 Å². The molecule has 176 valence electrons. The highest BCUT2D eigenvalue weighted by atomic mass is 16.2. The number of rotatable bonds is 7. The number of hydrogen-bond acceptors (Lipinski definition) is 4. The first-order valence-electron chi connectivity index (χ1n) is 12.5. The molecule has 32 heavy (non-hydrogen) atoms. The normalized spacial score (nSPS) is 28.8. The molecule has 4 rings (SSSR count). The summed E-state index contributed by atoms with van der Waals surface area (Å²) >= 11 is 0. The second kappa shape index (κ2) is 10.2. The highest BCUT2D eigenvalue weighted by Crippen LogP contribution is 2.34. The standard InChI is InChI=1S/C25H40N6O/c1-18-9-8-10-19(2)29(18)14-6-3-7-15-30-23-12-5-4-11-20(23)17-21(24(30)32)22-13-16-31(28-22)25(26)27/h4-5,11-12,18-19,21-22,28H,3,6-10,13-17H2,1-2H3,(H3,26,27)/t18-,19+,21?,22?. The van der Waals surface area contributed by atoms with Crippen LogP contribution in [0.15, 0.2) is 24.3 Å². The van der Waals surface area contributed by atoms with E-state index in [0.717, 1.165) is 37.9 Å². The fourth-order valence-electron chi connectivity index (χ4n) is 5.87. The van der Waals surface area contributed by atoms with Crippen LogP contribution in [0.3, 0.4) is 0 Å². The molecule has 7 heteroatoms. The van der Waals surface area contributed by atoms with Crippen LogP contribution in [0, 0.1) is 11.3 Å². The first-order chi connectivity index (χ1) is 15.5. The second-order valence-corrected chi connectivity index (χ2v) is 9.92. The maximum Gasteiger partial charge on any atom is 0.232 e. The average molecular weight is 441 g/mol. The van der Waals surface area contributed by atoms with Gasteiger partial charge >= 0.3 is 0 Å². The lowest BCUT2D eigenvalue weighted by Crippen LogP contribution is -2.52. The molecule has 2 saturated heterocycles. The predicted octanol–water partition coefficient (Wildman–Crippen LogP) is 3.10. The molecule has 1 aromatic rings. The minimum absolute atomic E-state index is 0.0188. The van der Waals surface area contributed by atoms with Gasteiger partial charge in [-0.3, -0.25) is 20.1 Å². The number of unbranched alkanes of at least 4 members (excludes halogenated alkanes) is 2. The Kier molecular flexibility index (Phi) is 7.36. The van der Waals surface area contributed by atoms with Crippen LogP contribution in [0.4, 0.5) is 5.69 Å². The Morgan fingerprint density at radius 2 is 1.81 bits per heavy atom. The molecule has 7 nitrogen and oxygen atoms in total. The maximum atomic E-state index is 13.5. The highest BCUT2D eigenvalue weighted by Gasteiger charge is 2.40. The Morgan fingerprint density at radius 1 is 1.09 bits per heavy atom. The number of amides is 1. The monoisotopic (exact) mass is 440 g/mol. The Bertz CT molecular complexity index is 803. The summed E-state index contributed by atoms with van der Waals surface area (Å²) in [7, 11) is 0. The number of hydrazine groups is 1. The molecule has 0 spiro atoms. The molecular weight excluding hydrogens is 400 g/mol. The van der Waals surface area contributed by atoms with Crippen molar-refractivity contribution in [3.05, 3.63) is 29.8 Å². The van der Waals surface area contributed by atoms with Gasteiger partial charge in [-0.25, -0.2) is 5.43 Å². The zero-order chi connectivity index (χ0) is 22.7. The zero-order valence-electron chi connectivity index (χ0n) is 19.7. The van der Waals surface area contributed by atoms with Crippen molar-refractivity contribution in [2.75, 3.05) is 24.5 Å². The van der Waals surface area contributed by atoms with Crippen LogP contribution in [0.5, 0.6) is 0 Å². The summed E-state index contributed by atoms with van der Waals surface area (Å²) in [5.41, 5.74) is 11.3. The van der Waals surface area contributed by atoms with Gasteiger partial charge in [-0.2, -0.15) is 0 Å². The lowest BCUT2D eigenvalue weighted by atomic mass is 9.85. The molecule has 0 radical (unpaired) electrons. The van der Waals surface area contributed by atoms with E-state index in [1.807, 2.05) is 11.0 Å². The van der Waals surface area contributed by atoms with Crippen molar-refractivity contribution in [1.82, 2.24) is 15.3 Å². The van der Waals surface area contributed by atoms with Crippen LogP contribution >= 0.6 is 0 Å². The third kappa shape index (κ3) is 4.94. The minimum Gasteiger partial charge on any atom is -0.369 e. The molecule has 2 unspecified atom stereocenters. The molecular formula is C25H40N6O. The molecule has 4 N–H and O–H groups in total. The Labute approximate surface area is 192 Å². The van der Waals surface area contributed by atoms with Crippen LogP contribution in [-0.4, -0.2) is 59.5 Å². The largest absolute Gasteiger partial charge is 0.369 e. The number of anilines is 1. The predicted molar refractivity (Wildman–Crippen MR) is 129 cm³/mol. The van der Waals surface area contributed by atoms with Gasteiger partial charge in [-0.1, -0.05) is 31.0 Å². The molecule has 1 aromatic carbocycles. The SMILES string of the molecule is C[C@@H]1CCC[C@H](C)N1CCCCCN1C(=O)C(C2CCN(C(=N)N)N2)Cc2ccccc21. The molecule has 0 aliphatic carbocycles. The van der Waals surface area contributed by atoms with Gasteiger partial charge < -0.3 is 10.6 Å². The number of carbonyl (C=O) groups is 1. The number of nitrogens with zero attached hydrogens (tertiary/aromatic N) is 3. The van der Waals surface area contributed by atoms with Gasteiger partial charge in [0.15, 0.2) is 0 Å². The van der Waals surface area contributed by atoms with Crippen molar-refractivity contribution in [2.45, 2.75) is 83.3 Å². The fraction of sp³-hybridized carbons (Fsp3) is 0.680. The third-order valence-corrected chi connectivity index (χ3v) is 7.74. The number of hydrogen-bond donors (Lipinski definition) is 3. The number of nitrogens with one attached hydrogen (secondary N) is 2. The van der Waals surface area contributed by atoms with E-state index < -0.39 is 0 Å². The molecule has 3 aliphatic heterocycles. The Hall–Kier alpha value is -2.12. The molecule has 0 saturated carbocycles. The summed E-state index contributed by atoms with van der Waals surface area (Å²) in [5.74, 6) is 0.125. The van der Waals surface area contributed by atoms with Crippen LogP contribution in [-0.2, 0) is 11.2 Å². The molecule has 0 aromatic heterocycles. The van der Waals surface area contributed by atoms with E-state index in [1.54, 1.807) is 5.01 Å². The number of likely N-dealkylation sites (tertiary alicyclic amines) is 1. The number of nitrogens with two attached hydrogens (primary N) is 1. The third-order valence-electron chi connectivity index (χ3n) is 7.74. The van der Waals surface area contributed by atoms with Crippen molar-refractivity contribution < 1.29 is 4.79 Å². The van der Waals surface area contributed by atoms with E-state index in [0.29, 0.717) is 18.6 Å². The lowest BCUT2D eigenvalue weighted by Gasteiger charge is -2.39. The van der Waals surface area contributed by atoms with Gasteiger partial charge in [-0.05, 0) is 70.5 Å². The van der Waals surface area contributed by atoms with E-state index in [2.05, 4.69) is 42.4 Å². The van der Waals surface area contributed by atoms with E-state index >= 15 is 0 Å².